The largest absolute Gasteiger partial charge is 0.348 e. The maximum Gasteiger partial charge on any atom is 0.251 e. The summed E-state index contributed by atoms with van der Waals surface area (Å²) in [6.45, 7) is 2.46. The molecule has 1 N–H and O–H groups in total. The van der Waals surface area contributed by atoms with Gasteiger partial charge in [0.2, 0.25) is 0 Å². The molecule has 0 heterocycles. The fraction of sp³-hybridized carbons (Fsp3) is 0.133. The Balaban J connectivity index is 2.05. The number of halogens is 2. The quantitative estimate of drug-likeness (QED) is 0.834. The van der Waals surface area contributed by atoms with Crippen LogP contribution < -0.4 is 5.32 Å². The van der Waals surface area contributed by atoms with E-state index in [0.717, 1.165) is 20.1 Å². The van der Waals surface area contributed by atoms with Gasteiger partial charge in [-0.2, -0.15) is 0 Å². The monoisotopic (exact) mass is 381 g/mol. The Morgan fingerprint density at radius 2 is 1.68 bits per heavy atom. The highest BCUT2D eigenvalue weighted by Gasteiger charge is 2.09. The second-order valence-corrected chi connectivity index (χ2v) is 6.10. The molecule has 2 aromatic rings. The molecule has 0 radical (unpaired) electrons. The van der Waals surface area contributed by atoms with Gasteiger partial charge in [0.05, 0.1) is 0 Å². The number of aryl methyl sites for hydroxylation is 1. The molecule has 0 aliphatic rings. The number of carbonyl (C=O) groups excluding carboxylic acids is 1. The molecule has 0 atom stereocenters. The highest BCUT2D eigenvalue weighted by molar-refractivity contribution is 9.10. The fourth-order valence-electron chi connectivity index (χ4n) is 1.72. The predicted octanol–water partition coefficient (Wildman–Crippen LogP) is 4.45. The van der Waals surface area contributed by atoms with Crippen molar-refractivity contribution in [3.63, 3.8) is 0 Å². The Morgan fingerprint density at radius 1 is 1.05 bits per heavy atom. The van der Waals surface area contributed by atoms with Crippen molar-refractivity contribution >= 4 is 37.8 Å². The van der Waals surface area contributed by atoms with Gasteiger partial charge in [0.15, 0.2) is 0 Å². The van der Waals surface area contributed by atoms with Crippen molar-refractivity contribution in [3.05, 3.63) is 68.1 Å². The van der Waals surface area contributed by atoms with E-state index >= 15 is 0 Å². The summed E-state index contributed by atoms with van der Waals surface area (Å²) in [7, 11) is 0. The second kappa shape index (κ2) is 6.35. The lowest BCUT2D eigenvalue weighted by molar-refractivity contribution is 0.0950. The average Bonchev–Trinajstić information content (AvgIpc) is 2.40. The number of rotatable bonds is 3. The van der Waals surface area contributed by atoms with E-state index in [4.69, 9.17) is 0 Å². The van der Waals surface area contributed by atoms with Crippen molar-refractivity contribution in [2.24, 2.45) is 0 Å². The standard InChI is InChI=1S/C15H13Br2NO/c1-10-2-5-13(17)8-14(10)15(19)18-9-11-3-6-12(16)7-4-11/h2-8H,9H2,1H3,(H,18,19). The first-order valence-corrected chi connectivity index (χ1v) is 7.43. The third-order valence-electron chi connectivity index (χ3n) is 2.81. The van der Waals surface area contributed by atoms with E-state index in [9.17, 15) is 4.79 Å². The molecule has 0 aliphatic carbocycles. The Morgan fingerprint density at radius 3 is 2.37 bits per heavy atom. The minimum Gasteiger partial charge on any atom is -0.348 e. The molecule has 0 bridgehead atoms. The van der Waals surface area contributed by atoms with Gasteiger partial charge in [-0.25, -0.2) is 0 Å². The molecular formula is C15H13Br2NO. The second-order valence-electron chi connectivity index (χ2n) is 4.27. The minimum absolute atomic E-state index is 0.0540. The number of amides is 1. The number of hydrogen-bond donors (Lipinski definition) is 1. The summed E-state index contributed by atoms with van der Waals surface area (Å²) >= 11 is 6.77. The number of benzene rings is 2. The molecule has 98 valence electrons. The number of hydrogen-bond acceptors (Lipinski definition) is 1. The molecule has 0 unspecified atom stereocenters. The van der Waals surface area contributed by atoms with Crippen LogP contribution in [-0.2, 0) is 6.54 Å². The smallest absolute Gasteiger partial charge is 0.251 e. The van der Waals surface area contributed by atoms with Gasteiger partial charge in [0.1, 0.15) is 0 Å². The van der Waals surface area contributed by atoms with E-state index in [1.54, 1.807) is 0 Å². The fourth-order valence-corrected chi connectivity index (χ4v) is 2.34. The summed E-state index contributed by atoms with van der Waals surface area (Å²) in [6, 6.07) is 13.6. The van der Waals surface area contributed by atoms with Crippen molar-refractivity contribution in [2.45, 2.75) is 13.5 Å². The highest BCUT2D eigenvalue weighted by Crippen LogP contribution is 2.16. The van der Waals surface area contributed by atoms with Gasteiger partial charge in [-0.1, -0.05) is 50.1 Å². The van der Waals surface area contributed by atoms with E-state index < -0.39 is 0 Å². The van der Waals surface area contributed by atoms with Gasteiger partial charge in [0.25, 0.3) is 5.91 Å². The highest BCUT2D eigenvalue weighted by atomic mass is 79.9. The minimum atomic E-state index is -0.0540. The van der Waals surface area contributed by atoms with Crippen LogP contribution in [0.4, 0.5) is 0 Å². The molecule has 2 rings (SSSR count). The van der Waals surface area contributed by atoms with Gasteiger partial charge in [-0.3, -0.25) is 4.79 Å². The number of nitrogens with one attached hydrogen (secondary N) is 1. The Labute approximate surface area is 129 Å². The Hall–Kier alpha value is -1.13. The SMILES string of the molecule is Cc1ccc(Br)cc1C(=O)NCc1ccc(Br)cc1. The van der Waals surface area contributed by atoms with Crippen LogP contribution in [-0.4, -0.2) is 5.91 Å². The summed E-state index contributed by atoms with van der Waals surface area (Å²) in [5, 5.41) is 2.93. The summed E-state index contributed by atoms with van der Waals surface area (Å²) in [5.74, 6) is -0.0540. The first-order chi connectivity index (χ1) is 9.06. The molecule has 1 amide bonds. The van der Waals surface area contributed by atoms with Crippen LogP contribution in [0.15, 0.2) is 51.4 Å². The first-order valence-electron chi connectivity index (χ1n) is 5.85. The normalized spacial score (nSPS) is 10.3. The predicted molar refractivity (Wildman–Crippen MR) is 84.2 cm³/mol. The van der Waals surface area contributed by atoms with Crippen molar-refractivity contribution < 1.29 is 4.79 Å². The van der Waals surface area contributed by atoms with E-state index in [-0.39, 0.29) is 5.91 Å². The molecule has 2 aromatic carbocycles. The van der Waals surface area contributed by atoms with E-state index in [0.29, 0.717) is 12.1 Å². The summed E-state index contributed by atoms with van der Waals surface area (Å²) in [4.78, 5) is 12.1. The topological polar surface area (TPSA) is 29.1 Å². The van der Waals surface area contributed by atoms with Gasteiger partial charge in [0, 0.05) is 21.1 Å². The van der Waals surface area contributed by atoms with Gasteiger partial charge in [-0.05, 0) is 42.3 Å². The molecule has 0 aliphatic heterocycles. The van der Waals surface area contributed by atoms with Crippen molar-refractivity contribution in [3.8, 4) is 0 Å². The van der Waals surface area contributed by atoms with Crippen LogP contribution in [0, 0.1) is 6.92 Å². The summed E-state index contributed by atoms with van der Waals surface area (Å²) in [6.07, 6.45) is 0. The zero-order chi connectivity index (χ0) is 13.8. The molecule has 19 heavy (non-hydrogen) atoms. The van der Waals surface area contributed by atoms with Crippen LogP contribution in [0.25, 0.3) is 0 Å². The number of carbonyl (C=O) groups is 1. The van der Waals surface area contributed by atoms with Gasteiger partial charge >= 0.3 is 0 Å². The molecule has 0 saturated heterocycles. The Bertz CT molecular complexity index is 594. The molecule has 0 spiro atoms. The van der Waals surface area contributed by atoms with Gasteiger partial charge in [-0.15, -0.1) is 0 Å². The third kappa shape index (κ3) is 3.91. The lowest BCUT2D eigenvalue weighted by Crippen LogP contribution is -2.23. The van der Waals surface area contributed by atoms with Crippen LogP contribution >= 0.6 is 31.9 Å². The van der Waals surface area contributed by atoms with Crippen molar-refractivity contribution in [1.82, 2.24) is 5.32 Å². The molecular weight excluding hydrogens is 370 g/mol. The van der Waals surface area contributed by atoms with Crippen molar-refractivity contribution in [2.75, 3.05) is 0 Å². The van der Waals surface area contributed by atoms with Gasteiger partial charge < -0.3 is 5.32 Å². The molecule has 0 fully saturated rings. The maximum atomic E-state index is 12.1. The van der Waals surface area contributed by atoms with E-state index in [1.165, 1.54) is 0 Å². The molecule has 0 aromatic heterocycles. The first kappa shape index (κ1) is 14.3. The zero-order valence-electron chi connectivity index (χ0n) is 10.4. The third-order valence-corrected chi connectivity index (χ3v) is 3.83. The van der Waals surface area contributed by atoms with E-state index in [2.05, 4.69) is 37.2 Å². The zero-order valence-corrected chi connectivity index (χ0v) is 13.6. The van der Waals surface area contributed by atoms with Crippen LogP contribution in [0.2, 0.25) is 0 Å². The lowest BCUT2D eigenvalue weighted by Gasteiger charge is -2.08. The lowest BCUT2D eigenvalue weighted by atomic mass is 10.1. The molecule has 0 saturated carbocycles. The molecule has 4 heteroatoms. The van der Waals surface area contributed by atoms with Crippen molar-refractivity contribution in [1.29, 1.82) is 0 Å². The summed E-state index contributed by atoms with van der Waals surface area (Å²) < 4.78 is 1.94. The molecule has 2 nitrogen and oxygen atoms in total. The van der Waals surface area contributed by atoms with Crippen LogP contribution in [0.1, 0.15) is 21.5 Å². The Kier molecular flexibility index (Phi) is 4.77. The maximum absolute atomic E-state index is 12.1. The average molecular weight is 383 g/mol. The van der Waals surface area contributed by atoms with E-state index in [1.807, 2.05) is 49.4 Å². The van der Waals surface area contributed by atoms with Crippen LogP contribution in [0.5, 0.6) is 0 Å². The summed E-state index contributed by atoms with van der Waals surface area (Å²) in [5.41, 5.74) is 2.74. The van der Waals surface area contributed by atoms with Crippen LogP contribution in [0.3, 0.4) is 0 Å².